The minimum absolute atomic E-state index is 0.253. The number of hydrogen-bond acceptors (Lipinski definition) is 3. The average Bonchev–Trinajstić information content (AvgIpc) is 2.43. The summed E-state index contributed by atoms with van der Waals surface area (Å²) in [5.41, 5.74) is 6.98. The molecule has 0 unspecified atom stereocenters. The highest BCUT2D eigenvalue weighted by molar-refractivity contribution is 9.10. The summed E-state index contributed by atoms with van der Waals surface area (Å²) in [4.78, 5) is 12.1. The number of methoxy groups -OCH3 is 1. The molecule has 0 saturated heterocycles. The largest absolute Gasteiger partial charge is 0.494 e. The summed E-state index contributed by atoms with van der Waals surface area (Å²) in [6.07, 6.45) is 0. The van der Waals surface area contributed by atoms with Crippen molar-refractivity contribution in [3.8, 4) is 5.75 Å². The second-order valence-corrected chi connectivity index (χ2v) is 4.89. The van der Waals surface area contributed by atoms with Crippen molar-refractivity contribution in [1.82, 2.24) is 0 Å². The number of ether oxygens (including phenoxy) is 1. The number of hydrogen-bond donors (Lipinski definition) is 2. The van der Waals surface area contributed by atoms with Gasteiger partial charge in [0.2, 0.25) is 0 Å². The number of anilines is 2. The molecule has 0 aliphatic carbocycles. The highest BCUT2D eigenvalue weighted by atomic mass is 79.9. The maximum Gasteiger partial charge on any atom is 0.255 e. The van der Waals surface area contributed by atoms with E-state index >= 15 is 0 Å². The molecule has 0 aliphatic heterocycles. The number of halogens is 2. The fourth-order valence-electron chi connectivity index (χ4n) is 1.65. The Labute approximate surface area is 123 Å². The van der Waals surface area contributed by atoms with Crippen molar-refractivity contribution < 1.29 is 13.9 Å². The summed E-state index contributed by atoms with van der Waals surface area (Å²) in [5.74, 6) is -0.537. The normalized spacial score (nSPS) is 10.2. The number of benzene rings is 2. The summed E-state index contributed by atoms with van der Waals surface area (Å²) < 4.78 is 18.8. The first-order valence-electron chi connectivity index (χ1n) is 5.71. The third kappa shape index (κ3) is 3.08. The van der Waals surface area contributed by atoms with E-state index in [1.165, 1.54) is 25.3 Å². The predicted molar refractivity (Wildman–Crippen MR) is 79.5 cm³/mol. The second kappa shape index (κ2) is 5.92. The summed E-state index contributed by atoms with van der Waals surface area (Å²) >= 11 is 3.26. The number of carbonyl (C=O) groups is 1. The van der Waals surface area contributed by atoms with Gasteiger partial charge >= 0.3 is 0 Å². The van der Waals surface area contributed by atoms with Crippen molar-refractivity contribution in [3.63, 3.8) is 0 Å². The Morgan fingerprint density at radius 3 is 2.70 bits per heavy atom. The fraction of sp³-hybridized carbons (Fsp3) is 0.0714. The number of nitrogens with one attached hydrogen (secondary N) is 1. The first-order chi connectivity index (χ1) is 9.51. The minimum Gasteiger partial charge on any atom is -0.494 e. The van der Waals surface area contributed by atoms with Crippen LogP contribution in [0.3, 0.4) is 0 Å². The van der Waals surface area contributed by atoms with Crippen LogP contribution in [-0.4, -0.2) is 13.0 Å². The molecular weight excluding hydrogens is 327 g/mol. The zero-order chi connectivity index (χ0) is 14.7. The van der Waals surface area contributed by atoms with Crippen molar-refractivity contribution in [2.24, 2.45) is 0 Å². The summed E-state index contributed by atoms with van der Waals surface area (Å²) in [7, 11) is 1.40. The second-order valence-electron chi connectivity index (χ2n) is 4.04. The zero-order valence-electron chi connectivity index (χ0n) is 10.6. The number of rotatable bonds is 3. The Morgan fingerprint density at radius 2 is 2.05 bits per heavy atom. The van der Waals surface area contributed by atoms with E-state index in [0.29, 0.717) is 21.4 Å². The zero-order valence-corrected chi connectivity index (χ0v) is 12.2. The Balaban J connectivity index is 2.25. The Kier molecular flexibility index (Phi) is 4.24. The van der Waals surface area contributed by atoms with Gasteiger partial charge in [0.25, 0.3) is 5.91 Å². The van der Waals surface area contributed by atoms with Crippen LogP contribution in [0.4, 0.5) is 15.8 Å². The van der Waals surface area contributed by atoms with Crippen LogP contribution in [0, 0.1) is 5.82 Å². The van der Waals surface area contributed by atoms with Crippen molar-refractivity contribution >= 4 is 33.2 Å². The molecule has 6 heteroatoms. The van der Waals surface area contributed by atoms with E-state index in [1.807, 2.05) is 0 Å². The summed E-state index contributed by atoms with van der Waals surface area (Å²) in [5, 5.41) is 2.65. The molecule has 20 heavy (non-hydrogen) atoms. The predicted octanol–water partition coefficient (Wildman–Crippen LogP) is 3.43. The minimum atomic E-state index is -0.437. The maximum atomic E-state index is 13.1. The monoisotopic (exact) mass is 338 g/mol. The molecule has 0 aromatic heterocycles. The Bertz CT molecular complexity index is 662. The van der Waals surface area contributed by atoms with Gasteiger partial charge in [0.05, 0.1) is 12.8 Å². The molecule has 0 heterocycles. The van der Waals surface area contributed by atoms with E-state index in [2.05, 4.69) is 21.2 Å². The lowest BCUT2D eigenvalue weighted by Crippen LogP contribution is -2.13. The lowest BCUT2D eigenvalue weighted by Gasteiger charge is -2.10. The molecule has 0 saturated carbocycles. The first kappa shape index (κ1) is 14.3. The van der Waals surface area contributed by atoms with Crippen LogP contribution in [-0.2, 0) is 0 Å². The number of amides is 1. The number of nitrogen functional groups attached to an aromatic ring is 1. The van der Waals surface area contributed by atoms with Gasteiger partial charge in [0, 0.05) is 21.8 Å². The van der Waals surface area contributed by atoms with Gasteiger partial charge in [-0.25, -0.2) is 4.39 Å². The standard InChI is InChI=1S/C14H12BrFN2O2/c1-20-13-7-9(16)3-5-12(13)18-14(19)8-2-4-10(15)11(17)6-8/h2-7H,17H2,1H3,(H,18,19). The van der Waals surface area contributed by atoms with E-state index in [0.717, 1.165) is 0 Å². The van der Waals surface area contributed by atoms with Gasteiger partial charge in [-0.2, -0.15) is 0 Å². The van der Waals surface area contributed by atoms with E-state index in [9.17, 15) is 9.18 Å². The van der Waals surface area contributed by atoms with Crippen LogP contribution in [0.25, 0.3) is 0 Å². The molecule has 2 aromatic rings. The molecule has 3 N–H and O–H groups in total. The SMILES string of the molecule is COc1cc(F)ccc1NC(=O)c1ccc(Br)c(N)c1. The van der Waals surface area contributed by atoms with Gasteiger partial charge < -0.3 is 15.8 Å². The van der Waals surface area contributed by atoms with E-state index in [4.69, 9.17) is 10.5 Å². The molecular formula is C14H12BrFN2O2. The molecule has 0 aliphatic rings. The summed E-state index contributed by atoms with van der Waals surface area (Å²) in [6, 6.07) is 8.75. The number of nitrogens with two attached hydrogens (primary N) is 1. The third-order valence-electron chi connectivity index (χ3n) is 2.67. The third-order valence-corrected chi connectivity index (χ3v) is 3.39. The fourth-order valence-corrected chi connectivity index (χ4v) is 1.89. The molecule has 0 spiro atoms. The molecule has 2 rings (SSSR count). The average molecular weight is 339 g/mol. The van der Waals surface area contributed by atoms with Crippen molar-refractivity contribution in [3.05, 3.63) is 52.3 Å². The first-order valence-corrected chi connectivity index (χ1v) is 6.50. The van der Waals surface area contributed by atoms with Crippen molar-refractivity contribution in [2.75, 3.05) is 18.2 Å². The molecule has 0 bridgehead atoms. The van der Waals surface area contributed by atoms with E-state index in [-0.39, 0.29) is 11.7 Å². The lowest BCUT2D eigenvalue weighted by atomic mass is 10.2. The molecule has 0 radical (unpaired) electrons. The van der Waals surface area contributed by atoms with E-state index < -0.39 is 5.82 Å². The Hall–Kier alpha value is -2.08. The molecule has 4 nitrogen and oxygen atoms in total. The van der Waals surface area contributed by atoms with Crippen LogP contribution in [0.2, 0.25) is 0 Å². The van der Waals surface area contributed by atoms with Crippen molar-refractivity contribution in [1.29, 1.82) is 0 Å². The van der Waals surface area contributed by atoms with Crippen LogP contribution in [0.1, 0.15) is 10.4 Å². The van der Waals surface area contributed by atoms with Gasteiger partial charge in [0.1, 0.15) is 11.6 Å². The topological polar surface area (TPSA) is 64.3 Å². The molecule has 1 amide bonds. The quantitative estimate of drug-likeness (QED) is 0.842. The van der Waals surface area contributed by atoms with Gasteiger partial charge in [-0.15, -0.1) is 0 Å². The lowest BCUT2D eigenvalue weighted by molar-refractivity contribution is 0.102. The Morgan fingerprint density at radius 1 is 1.30 bits per heavy atom. The van der Waals surface area contributed by atoms with Gasteiger partial charge in [-0.3, -0.25) is 4.79 Å². The maximum absolute atomic E-state index is 13.1. The highest BCUT2D eigenvalue weighted by Gasteiger charge is 2.11. The highest BCUT2D eigenvalue weighted by Crippen LogP contribution is 2.26. The van der Waals surface area contributed by atoms with Crippen LogP contribution in [0.5, 0.6) is 5.75 Å². The van der Waals surface area contributed by atoms with Gasteiger partial charge in [0.15, 0.2) is 0 Å². The molecule has 104 valence electrons. The van der Waals surface area contributed by atoms with Crippen molar-refractivity contribution in [2.45, 2.75) is 0 Å². The van der Waals surface area contributed by atoms with Crippen LogP contribution in [0.15, 0.2) is 40.9 Å². The van der Waals surface area contributed by atoms with E-state index in [1.54, 1.807) is 18.2 Å². The van der Waals surface area contributed by atoms with Crippen LogP contribution < -0.4 is 15.8 Å². The molecule has 2 aromatic carbocycles. The molecule has 0 atom stereocenters. The molecule has 0 fully saturated rings. The smallest absolute Gasteiger partial charge is 0.255 e. The van der Waals surface area contributed by atoms with Gasteiger partial charge in [-0.05, 0) is 46.3 Å². The van der Waals surface area contributed by atoms with Crippen LogP contribution >= 0.6 is 15.9 Å². The number of carbonyl (C=O) groups excluding carboxylic acids is 1. The summed E-state index contributed by atoms with van der Waals surface area (Å²) in [6.45, 7) is 0. The van der Waals surface area contributed by atoms with Gasteiger partial charge in [-0.1, -0.05) is 0 Å².